The fourth-order valence-corrected chi connectivity index (χ4v) is 4.51. The topological polar surface area (TPSA) is 84.9 Å². The average molecular weight is 455 g/mol. The summed E-state index contributed by atoms with van der Waals surface area (Å²) in [7, 11) is -0.590. The third-order valence-electron chi connectivity index (χ3n) is 4.66. The van der Waals surface area contributed by atoms with Crippen molar-refractivity contribution >= 4 is 33.2 Å². The van der Waals surface area contributed by atoms with Gasteiger partial charge in [0.05, 0.1) is 26.2 Å². The van der Waals surface area contributed by atoms with E-state index in [9.17, 15) is 13.2 Å². The molecule has 9 heteroatoms. The van der Waals surface area contributed by atoms with E-state index in [2.05, 4.69) is 5.32 Å². The fraction of sp³-hybridized carbons (Fsp3) is 0.381. The van der Waals surface area contributed by atoms with Gasteiger partial charge >= 0.3 is 0 Å². The first-order chi connectivity index (χ1) is 14.1. The Morgan fingerprint density at radius 1 is 1.13 bits per heavy atom. The monoisotopic (exact) mass is 454 g/mol. The summed E-state index contributed by atoms with van der Waals surface area (Å²) in [6, 6.07) is 9.52. The lowest BCUT2D eigenvalue weighted by Crippen LogP contribution is -2.48. The van der Waals surface area contributed by atoms with Gasteiger partial charge in [0, 0.05) is 11.6 Å². The van der Waals surface area contributed by atoms with E-state index >= 15 is 0 Å². The Kier molecular flexibility index (Phi) is 7.97. The van der Waals surface area contributed by atoms with Crippen molar-refractivity contribution in [1.29, 1.82) is 0 Å². The van der Waals surface area contributed by atoms with Gasteiger partial charge in [-0.15, -0.1) is 0 Å². The summed E-state index contributed by atoms with van der Waals surface area (Å²) < 4.78 is 36.5. The number of nitrogens with one attached hydrogen (secondary N) is 1. The highest BCUT2D eigenvalue weighted by Gasteiger charge is 2.30. The number of hydrogen-bond acceptors (Lipinski definition) is 5. The summed E-state index contributed by atoms with van der Waals surface area (Å²) in [5.41, 5.74) is 2.04. The Bertz CT molecular complexity index is 1010. The van der Waals surface area contributed by atoms with Crippen molar-refractivity contribution in [2.45, 2.75) is 26.3 Å². The number of nitrogens with zero attached hydrogens (tertiary/aromatic N) is 1. The molecule has 164 valence electrons. The number of carbonyl (C=O) groups excluding carboxylic acids is 1. The molecule has 0 aliphatic carbocycles. The molecule has 30 heavy (non-hydrogen) atoms. The van der Waals surface area contributed by atoms with E-state index < -0.39 is 22.0 Å². The molecule has 0 fully saturated rings. The van der Waals surface area contributed by atoms with E-state index in [4.69, 9.17) is 21.1 Å². The van der Waals surface area contributed by atoms with E-state index in [1.807, 2.05) is 12.1 Å². The smallest absolute Gasteiger partial charge is 0.243 e. The second-order valence-corrected chi connectivity index (χ2v) is 9.19. The fourth-order valence-electron chi connectivity index (χ4n) is 3.11. The van der Waals surface area contributed by atoms with Crippen molar-refractivity contribution in [2.24, 2.45) is 0 Å². The van der Waals surface area contributed by atoms with Crippen molar-refractivity contribution in [1.82, 2.24) is 5.32 Å². The van der Waals surface area contributed by atoms with Crippen LogP contribution >= 0.6 is 11.6 Å². The molecule has 1 N–H and O–H groups in total. The third kappa shape index (κ3) is 5.79. The number of amides is 1. The van der Waals surface area contributed by atoms with Crippen LogP contribution in [0.25, 0.3) is 0 Å². The van der Waals surface area contributed by atoms with Crippen molar-refractivity contribution in [3.05, 3.63) is 52.5 Å². The van der Waals surface area contributed by atoms with Crippen molar-refractivity contribution in [3.8, 4) is 11.5 Å². The summed E-state index contributed by atoms with van der Waals surface area (Å²) >= 11 is 6.05. The summed E-state index contributed by atoms with van der Waals surface area (Å²) in [5.74, 6) is 0.828. The first-order valence-electron chi connectivity index (χ1n) is 9.32. The highest BCUT2D eigenvalue weighted by molar-refractivity contribution is 7.92. The second-order valence-electron chi connectivity index (χ2n) is 6.90. The molecule has 0 heterocycles. The Morgan fingerprint density at radius 2 is 1.80 bits per heavy atom. The SMILES string of the molecule is COc1ccc(CCNC(=O)[C@H](C)N(c2cc(Cl)ccc2C)S(C)(=O)=O)cc1OC. The first-order valence-corrected chi connectivity index (χ1v) is 11.5. The summed E-state index contributed by atoms with van der Waals surface area (Å²) in [5, 5.41) is 3.20. The van der Waals surface area contributed by atoms with E-state index in [1.165, 1.54) is 0 Å². The van der Waals surface area contributed by atoms with Crippen LogP contribution in [0.4, 0.5) is 5.69 Å². The Labute approximate surface area is 183 Å². The molecule has 1 atom stereocenters. The van der Waals surface area contributed by atoms with Gasteiger partial charge in [-0.25, -0.2) is 8.42 Å². The predicted molar refractivity (Wildman–Crippen MR) is 119 cm³/mol. The van der Waals surface area contributed by atoms with Crippen molar-refractivity contribution in [2.75, 3.05) is 31.3 Å². The van der Waals surface area contributed by atoms with Crippen LogP contribution in [-0.4, -0.2) is 47.4 Å². The maximum atomic E-state index is 12.7. The van der Waals surface area contributed by atoms with Gasteiger partial charge in [-0.05, 0) is 55.7 Å². The van der Waals surface area contributed by atoms with Gasteiger partial charge in [-0.3, -0.25) is 9.10 Å². The number of rotatable bonds is 9. The third-order valence-corrected chi connectivity index (χ3v) is 6.12. The minimum Gasteiger partial charge on any atom is -0.493 e. The molecule has 2 aromatic rings. The quantitative estimate of drug-likeness (QED) is 0.629. The lowest BCUT2D eigenvalue weighted by atomic mass is 10.1. The molecule has 0 spiro atoms. The number of carbonyl (C=O) groups is 1. The van der Waals surface area contributed by atoms with Gasteiger partial charge in [0.1, 0.15) is 6.04 Å². The number of methoxy groups -OCH3 is 2. The summed E-state index contributed by atoms with van der Waals surface area (Å²) in [4.78, 5) is 12.7. The normalized spacial score (nSPS) is 12.2. The van der Waals surface area contributed by atoms with E-state index in [0.29, 0.717) is 40.7 Å². The molecule has 0 aliphatic heterocycles. The lowest BCUT2D eigenvalue weighted by Gasteiger charge is -2.29. The van der Waals surface area contributed by atoms with E-state index in [0.717, 1.165) is 16.1 Å². The van der Waals surface area contributed by atoms with E-state index in [-0.39, 0.29) is 0 Å². The lowest BCUT2D eigenvalue weighted by molar-refractivity contribution is -0.121. The molecule has 0 radical (unpaired) electrons. The van der Waals surface area contributed by atoms with Gasteiger partial charge in [0.25, 0.3) is 0 Å². The van der Waals surface area contributed by atoms with Crippen LogP contribution < -0.4 is 19.1 Å². The molecule has 7 nitrogen and oxygen atoms in total. The minimum atomic E-state index is -3.71. The van der Waals surface area contributed by atoms with Crippen LogP contribution in [0.5, 0.6) is 11.5 Å². The minimum absolute atomic E-state index is 0.338. The van der Waals surface area contributed by atoms with Gasteiger partial charge in [0.2, 0.25) is 15.9 Å². The van der Waals surface area contributed by atoms with Crippen LogP contribution in [0.2, 0.25) is 5.02 Å². The average Bonchev–Trinajstić information content (AvgIpc) is 2.69. The van der Waals surface area contributed by atoms with Gasteiger partial charge in [0.15, 0.2) is 11.5 Å². The second kappa shape index (κ2) is 10.0. The highest BCUT2D eigenvalue weighted by atomic mass is 35.5. The van der Waals surface area contributed by atoms with Gasteiger partial charge in [-0.1, -0.05) is 23.7 Å². The Hall–Kier alpha value is -2.45. The van der Waals surface area contributed by atoms with Crippen LogP contribution in [-0.2, 0) is 21.2 Å². The van der Waals surface area contributed by atoms with Crippen LogP contribution in [0.1, 0.15) is 18.1 Å². The largest absolute Gasteiger partial charge is 0.493 e. The summed E-state index contributed by atoms with van der Waals surface area (Å²) in [6.07, 6.45) is 1.62. The van der Waals surface area contributed by atoms with Gasteiger partial charge < -0.3 is 14.8 Å². The molecule has 0 aliphatic rings. The number of anilines is 1. The molecular weight excluding hydrogens is 428 g/mol. The molecule has 2 rings (SSSR count). The van der Waals surface area contributed by atoms with Gasteiger partial charge in [-0.2, -0.15) is 0 Å². The molecule has 0 saturated carbocycles. The number of benzene rings is 2. The molecule has 1 amide bonds. The molecule has 0 unspecified atom stereocenters. The van der Waals surface area contributed by atoms with Crippen molar-refractivity contribution in [3.63, 3.8) is 0 Å². The standard InChI is InChI=1S/C21H27ClN2O5S/c1-14-6-8-17(22)13-18(14)24(30(5,26)27)15(2)21(25)23-11-10-16-7-9-19(28-3)20(12-16)29-4/h6-9,12-13,15H,10-11H2,1-5H3,(H,23,25)/t15-/m0/s1. The van der Waals surface area contributed by atoms with Crippen molar-refractivity contribution < 1.29 is 22.7 Å². The maximum absolute atomic E-state index is 12.7. The molecule has 2 aromatic carbocycles. The van der Waals surface area contributed by atoms with Crippen LogP contribution in [0.3, 0.4) is 0 Å². The number of sulfonamides is 1. The Balaban J connectivity index is 2.12. The number of aryl methyl sites for hydroxylation is 1. The summed E-state index contributed by atoms with van der Waals surface area (Å²) in [6.45, 7) is 3.66. The van der Waals surface area contributed by atoms with Crippen LogP contribution in [0.15, 0.2) is 36.4 Å². The number of halogens is 1. The molecule has 0 bridgehead atoms. The molecular formula is C21H27ClN2O5S. The molecule has 0 aromatic heterocycles. The first kappa shape index (κ1) is 23.8. The molecule has 0 saturated heterocycles. The highest BCUT2D eigenvalue weighted by Crippen LogP contribution is 2.29. The zero-order valence-corrected chi connectivity index (χ0v) is 19.3. The number of ether oxygens (including phenoxy) is 2. The zero-order valence-electron chi connectivity index (χ0n) is 17.7. The maximum Gasteiger partial charge on any atom is 0.243 e. The Morgan fingerprint density at radius 3 is 2.40 bits per heavy atom. The predicted octanol–water partition coefficient (Wildman–Crippen LogP) is 3.18. The zero-order chi connectivity index (χ0) is 22.5. The van der Waals surface area contributed by atoms with Crippen LogP contribution in [0, 0.1) is 6.92 Å². The number of hydrogen-bond donors (Lipinski definition) is 1. The van der Waals surface area contributed by atoms with E-state index in [1.54, 1.807) is 52.3 Å².